The van der Waals surface area contributed by atoms with E-state index in [9.17, 15) is 24.6 Å². The Kier molecular flexibility index (Phi) is 9.20. The molecule has 6 atom stereocenters. The largest absolute Gasteiger partial charge is 0.481 e. The number of thioether (sulfide) groups is 1. The topological polar surface area (TPSA) is 91.7 Å². The van der Waals surface area contributed by atoms with Crippen LogP contribution in [0.5, 0.6) is 0 Å². The van der Waals surface area contributed by atoms with E-state index in [1.165, 1.54) is 18.7 Å². The van der Waals surface area contributed by atoms with Crippen molar-refractivity contribution in [2.45, 2.75) is 72.8 Å². The molecule has 2 saturated carbocycles. The molecule has 0 heterocycles. The third-order valence-electron chi connectivity index (χ3n) is 8.82. The first-order chi connectivity index (χ1) is 15.8. The van der Waals surface area contributed by atoms with Crippen LogP contribution >= 0.6 is 11.8 Å². The highest BCUT2D eigenvalue weighted by atomic mass is 32.2. The number of rotatable bonds is 11. The summed E-state index contributed by atoms with van der Waals surface area (Å²) in [6.07, 6.45) is 8.43. The molecule has 0 aromatic carbocycles. The van der Waals surface area contributed by atoms with E-state index < -0.39 is 23.4 Å². The zero-order valence-electron chi connectivity index (χ0n) is 21.4. The third kappa shape index (κ3) is 5.43. The molecule has 2 aliphatic carbocycles. The van der Waals surface area contributed by atoms with E-state index >= 15 is 0 Å². The molecule has 2 fully saturated rings. The van der Waals surface area contributed by atoms with Crippen LogP contribution < -0.4 is 0 Å². The molecule has 0 radical (unpaired) electrons. The van der Waals surface area contributed by atoms with Crippen LogP contribution in [0.25, 0.3) is 0 Å². The first kappa shape index (κ1) is 28.6. The summed E-state index contributed by atoms with van der Waals surface area (Å²) in [5.74, 6) is -1.82. The van der Waals surface area contributed by atoms with Gasteiger partial charge in [0.25, 0.3) is 0 Å². The highest BCUT2D eigenvalue weighted by molar-refractivity contribution is 7.99. The number of carboxylic acids is 1. The normalized spacial score (nSPS) is 33.9. The Morgan fingerprint density at radius 2 is 1.85 bits per heavy atom. The van der Waals surface area contributed by atoms with Crippen LogP contribution in [-0.4, -0.2) is 45.9 Å². The van der Waals surface area contributed by atoms with E-state index in [0.29, 0.717) is 18.6 Å². The van der Waals surface area contributed by atoms with Crippen molar-refractivity contribution in [1.29, 1.82) is 0 Å². The Hall–Kier alpha value is -1.66. The molecule has 0 bridgehead atoms. The SMILES string of the molecule is C=C/C(C)=C/CC1C2(C)CCCC(C)(C)C2CC(O)C1(C=O)CSCC(C(=C)C(C)=O)C(=O)O. The van der Waals surface area contributed by atoms with Crippen molar-refractivity contribution in [3.63, 3.8) is 0 Å². The molecule has 0 amide bonds. The lowest BCUT2D eigenvalue weighted by Crippen LogP contribution is -2.62. The number of allylic oxidation sites excluding steroid dienone is 3. The summed E-state index contributed by atoms with van der Waals surface area (Å²) < 4.78 is 0. The highest BCUT2D eigenvalue weighted by Gasteiger charge is 2.62. The zero-order chi connectivity index (χ0) is 25.9. The molecule has 6 unspecified atom stereocenters. The van der Waals surface area contributed by atoms with Crippen LogP contribution in [-0.2, 0) is 14.4 Å². The first-order valence-corrected chi connectivity index (χ1v) is 13.4. The van der Waals surface area contributed by atoms with Gasteiger partial charge in [-0.05, 0) is 62.2 Å². The maximum absolute atomic E-state index is 12.8. The van der Waals surface area contributed by atoms with E-state index in [1.54, 1.807) is 6.08 Å². The quantitative estimate of drug-likeness (QED) is 0.226. The van der Waals surface area contributed by atoms with Crippen molar-refractivity contribution in [3.8, 4) is 0 Å². The standard InChI is InChI=1S/C28H42O5S/c1-8-18(2)10-11-22-27(7)13-9-12-26(5,6)23(27)14-24(31)28(22,16-29)17-34-15-21(25(32)33)19(3)20(4)30/h8,10,16,21-24,31H,1,3,9,11-15,17H2,2,4-7H3,(H,32,33)/b18-10+. The molecule has 0 saturated heterocycles. The van der Waals surface area contributed by atoms with Crippen molar-refractivity contribution < 1.29 is 24.6 Å². The molecule has 34 heavy (non-hydrogen) atoms. The summed E-state index contributed by atoms with van der Waals surface area (Å²) in [5.41, 5.74) is 0.0365. The number of carbonyl (C=O) groups excluding carboxylic acids is 2. The number of Topliss-reactive ketones (excluding diaryl/α,β-unsaturated/α-hetero) is 1. The van der Waals surface area contributed by atoms with Crippen LogP contribution in [0.3, 0.4) is 0 Å². The minimum atomic E-state index is -1.10. The number of aliphatic hydroxyl groups is 1. The number of aliphatic carboxylic acids is 1. The number of carboxylic acid groups (broad SMARTS) is 1. The molecule has 2 aliphatic rings. The number of ketones is 1. The number of fused-ring (bicyclic) bond motifs is 1. The summed E-state index contributed by atoms with van der Waals surface area (Å²) in [6, 6.07) is 0. The number of aliphatic hydroxyl groups excluding tert-OH is 1. The van der Waals surface area contributed by atoms with Crippen molar-refractivity contribution in [3.05, 3.63) is 36.5 Å². The molecule has 0 aromatic rings. The fraction of sp³-hybridized carbons (Fsp3) is 0.679. The van der Waals surface area contributed by atoms with Gasteiger partial charge in [0.05, 0.1) is 17.4 Å². The maximum atomic E-state index is 12.8. The molecule has 0 spiro atoms. The predicted molar refractivity (Wildman–Crippen MR) is 139 cm³/mol. The van der Waals surface area contributed by atoms with E-state index in [1.807, 2.05) is 6.92 Å². The molecule has 6 heteroatoms. The third-order valence-corrected chi connectivity index (χ3v) is 10.1. The van der Waals surface area contributed by atoms with Crippen molar-refractivity contribution in [2.75, 3.05) is 11.5 Å². The number of hydrogen-bond acceptors (Lipinski definition) is 5. The molecule has 0 aliphatic heterocycles. The molecule has 5 nitrogen and oxygen atoms in total. The smallest absolute Gasteiger partial charge is 0.311 e. The second-order valence-corrected chi connectivity index (χ2v) is 12.3. The fourth-order valence-corrected chi connectivity index (χ4v) is 8.16. The van der Waals surface area contributed by atoms with E-state index in [-0.39, 0.29) is 39.8 Å². The second-order valence-electron chi connectivity index (χ2n) is 11.3. The Morgan fingerprint density at radius 1 is 1.21 bits per heavy atom. The molecule has 0 aromatic heterocycles. The van der Waals surface area contributed by atoms with Crippen LogP contribution in [0.4, 0.5) is 0 Å². The van der Waals surface area contributed by atoms with Gasteiger partial charge in [-0.3, -0.25) is 9.59 Å². The second kappa shape index (κ2) is 10.9. The average Bonchev–Trinajstić information content (AvgIpc) is 2.76. The minimum absolute atomic E-state index is 0.0616. The van der Waals surface area contributed by atoms with E-state index in [4.69, 9.17) is 0 Å². The number of hydrogen-bond donors (Lipinski definition) is 2. The monoisotopic (exact) mass is 490 g/mol. The molecule has 2 N–H and O–H groups in total. The lowest BCUT2D eigenvalue weighted by Gasteiger charge is -2.63. The van der Waals surface area contributed by atoms with Gasteiger partial charge in [-0.15, -0.1) is 0 Å². The van der Waals surface area contributed by atoms with Gasteiger partial charge in [0.15, 0.2) is 5.78 Å². The van der Waals surface area contributed by atoms with Gasteiger partial charge in [0.1, 0.15) is 6.29 Å². The van der Waals surface area contributed by atoms with Gasteiger partial charge >= 0.3 is 5.97 Å². The Balaban J connectivity index is 2.44. The molecular weight excluding hydrogens is 448 g/mol. The summed E-state index contributed by atoms with van der Waals surface area (Å²) in [4.78, 5) is 36.3. The maximum Gasteiger partial charge on any atom is 0.311 e. The molecule has 2 rings (SSSR count). The van der Waals surface area contributed by atoms with Gasteiger partial charge in [-0.1, -0.05) is 58.1 Å². The fourth-order valence-electron chi connectivity index (χ4n) is 6.65. The van der Waals surface area contributed by atoms with Crippen molar-refractivity contribution >= 4 is 29.8 Å². The summed E-state index contributed by atoms with van der Waals surface area (Å²) >= 11 is 1.32. The van der Waals surface area contributed by atoms with Gasteiger partial charge in [0, 0.05) is 17.1 Å². The summed E-state index contributed by atoms with van der Waals surface area (Å²) in [5, 5.41) is 21.1. The van der Waals surface area contributed by atoms with E-state index in [2.05, 4.69) is 40.0 Å². The first-order valence-electron chi connectivity index (χ1n) is 12.2. The Morgan fingerprint density at radius 3 is 2.38 bits per heavy atom. The lowest BCUT2D eigenvalue weighted by atomic mass is 9.42. The number of carbonyl (C=O) groups is 3. The Labute approximate surface area is 209 Å². The molecule has 190 valence electrons. The minimum Gasteiger partial charge on any atom is -0.481 e. The van der Waals surface area contributed by atoms with Crippen molar-refractivity contribution in [1.82, 2.24) is 0 Å². The zero-order valence-corrected chi connectivity index (χ0v) is 22.2. The van der Waals surface area contributed by atoms with Gasteiger partial charge < -0.3 is 15.0 Å². The van der Waals surface area contributed by atoms with Crippen LogP contribution in [0.2, 0.25) is 0 Å². The van der Waals surface area contributed by atoms with Crippen LogP contribution in [0, 0.1) is 34.0 Å². The van der Waals surface area contributed by atoms with Crippen molar-refractivity contribution in [2.24, 2.45) is 34.0 Å². The van der Waals surface area contributed by atoms with Crippen LogP contribution in [0.15, 0.2) is 36.5 Å². The Bertz CT molecular complexity index is 859. The van der Waals surface area contributed by atoms with Gasteiger partial charge in [0.2, 0.25) is 0 Å². The van der Waals surface area contributed by atoms with Gasteiger partial charge in [-0.25, -0.2) is 0 Å². The van der Waals surface area contributed by atoms with Gasteiger partial charge in [-0.2, -0.15) is 11.8 Å². The van der Waals surface area contributed by atoms with E-state index in [0.717, 1.165) is 31.1 Å². The lowest BCUT2D eigenvalue weighted by molar-refractivity contribution is -0.178. The summed E-state index contributed by atoms with van der Waals surface area (Å²) in [7, 11) is 0. The summed E-state index contributed by atoms with van der Waals surface area (Å²) in [6.45, 7) is 17.7. The highest BCUT2D eigenvalue weighted by Crippen LogP contribution is 2.65. The predicted octanol–water partition coefficient (Wildman–Crippen LogP) is 5.49. The number of aldehydes is 1. The molecular formula is C28H42O5S. The van der Waals surface area contributed by atoms with Crippen LogP contribution in [0.1, 0.15) is 66.7 Å². The average molecular weight is 491 g/mol.